The van der Waals surface area contributed by atoms with Crippen molar-refractivity contribution in [1.82, 2.24) is 14.7 Å². The van der Waals surface area contributed by atoms with Crippen molar-refractivity contribution in [2.45, 2.75) is 57.5 Å². The van der Waals surface area contributed by atoms with Crippen molar-refractivity contribution in [3.8, 4) is 0 Å². The highest BCUT2D eigenvalue weighted by atomic mass is 19.3. The van der Waals surface area contributed by atoms with E-state index in [4.69, 9.17) is 0 Å². The number of hydrogen-bond donors (Lipinski definition) is 1. The Balaban J connectivity index is 1.66. The summed E-state index contributed by atoms with van der Waals surface area (Å²) in [5.74, 6) is 0.296. The number of aryl methyl sites for hydroxylation is 1. The van der Waals surface area contributed by atoms with Crippen molar-refractivity contribution in [3.05, 3.63) is 47.2 Å². The van der Waals surface area contributed by atoms with E-state index in [2.05, 4.69) is 10.4 Å². The van der Waals surface area contributed by atoms with Gasteiger partial charge in [-0.1, -0.05) is 42.7 Å². The van der Waals surface area contributed by atoms with Gasteiger partial charge in [-0.2, -0.15) is 5.10 Å². The zero-order valence-electron chi connectivity index (χ0n) is 16.1. The number of benzene rings is 1. The lowest BCUT2D eigenvalue weighted by atomic mass is 9.96. The summed E-state index contributed by atoms with van der Waals surface area (Å²) < 4.78 is 28.9. The van der Waals surface area contributed by atoms with Crippen molar-refractivity contribution in [2.24, 2.45) is 0 Å². The molecule has 2 aliphatic rings. The van der Waals surface area contributed by atoms with E-state index < -0.39 is 12.5 Å². The van der Waals surface area contributed by atoms with Gasteiger partial charge in [0.15, 0.2) is 0 Å². The van der Waals surface area contributed by atoms with Crippen LogP contribution in [0.4, 0.5) is 14.6 Å². The van der Waals surface area contributed by atoms with E-state index in [0.717, 1.165) is 36.8 Å². The predicted octanol–water partition coefficient (Wildman–Crippen LogP) is 4.57. The van der Waals surface area contributed by atoms with E-state index >= 15 is 0 Å². The Morgan fingerprint density at radius 3 is 2.46 bits per heavy atom. The second kappa shape index (κ2) is 7.89. The van der Waals surface area contributed by atoms with Gasteiger partial charge in [0.2, 0.25) is 0 Å². The molecule has 1 aromatic carbocycles. The van der Waals surface area contributed by atoms with Crippen LogP contribution in [0.3, 0.4) is 0 Å². The van der Waals surface area contributed by atoms with Crippen LogP contribution < -0.4 is 5.32 Å². The first-order valence-corrected chi connectivity index (χ1v) is 10.0. The summed E-state index contributed by atoms with van der Waals surface area (Å²) in [6.45, 7) is 3.42. The Labute approximate surface area is 163 Å². The van der Waals surface area contributed by atoms with Crippen LogP contribution >= 0.6 is 0 Å². The van der Waals surface area contributed by atoms with E-state index in [9.17, 15) is 13.6 Å². The average molecular weight is 388 g/mol. The monoisotopic (exact) mass is 388 g/mol. The van der Waals surface area contributed by atoms with Gasteiger partial charge < -0.3 is 10.2 Å². The highest BCUT2D eigenvalue weighted by molar-refractivity contribution is 5.99. The Bertz CT molecular complexity index is 825. The van der Waals surface area contributed by atoms with Gasteiger partial charge in [-0.15, -0.1) is 0 Å². The lowest BCUT2D eigenvalue weighted by Gasteiger charge is -2.33. The SMILES string of the molecule is Cc1ccc(C2CC(C(F)F)n3ncc(C(=O)N4CCCCCC4)c3N2)cc1. The number of aromatic nitrogens is 2. The number of fused-ring (bicyclic) bond motifs is 1. The van der Waals surface area contributed by atoms with Crippen molar-refractivity contribution in [1.29, 1.82) is 0 Å². The van der Waals surface area contributed by atoms with E-state index in [1.54, 1.807) is 0 Å². The van der Waals surface area contributed by atoms with E-state index in [1.807, 2.05) is 36.1 Å². The first-order chi connectivity index (χ1) is 13.5. The average Bonchev–Trinajstić information content (AvgIpc) is 2.93. The summed E-state index contributed by atoms with van der Waals surface area (Å²) in [6, 6.07) is 6.54. The molecule has 0 bridgehead atoms. The first kappa shape index (κ1) is 18.9. The molecule has 28 heavy (non-hydrogen) atoms. The molecule has 0 aliphatic carbocycles. The van der Waals surface area contributed by atoms with Gasteiger partial charge in [-0.05, 0) is 31.7 Å². The van der Waals surface area contributed by atoms with Crippen molar-refractivity contribution < 1.29 is 13.6 Å². The normalized spacial score (nSPS) is 22.5. The van der Waals surface area contributed by atoms with Crippen LogP contribution in [0.15, 0.2) is 30.5 Å². The summed E-state index contributed by atoms with van der Waals surface area (Å²) in [5, 5.41) is 7.49. The number of amides is 1. The largest absolute Gasteiger partial charge is 0.363 e. The maximum Gasteiger partial charge on any atom is 0.260 e. The Morgan fingerprint density at radius 1 is 1.14 bits per heavy atom. The highest BCUT2D eigenvalue weighted by Crippen LogP contribution is 2.39. The second-order valence-corrected chi connectivity index (χ2v) is 7.80. The molecule has 150 valence electrons. The predicted molar refractivity (Wildman–Crippen MR) is 104 cm³/mol. The molecule has 1 N–H and O–H groups in total. The van der Waals surface area contributed by atoms with Gasteiger partial charge in [0.1, 0.15) is 17.4 Å². The van der Waals surface area contributed by atoms with Gasteiger partial charge in [0, 0.05) is 13.1 Å². The molecule has 2 aliphatic heterocycles. The fraction of sp³-hybridized carbons (Fsp3) is 0.524. The van der Waals surface area contributed by atoms with E-state index in [1.165, 1.54) is 10.9 Å². The number of anilines is 1. The molecule has 2 atom stereocenters. The summed E-state index contributed by atoms with van der Waals surface area (Å²) in [6.07, 6.45) is 3.33. The zero-order valence-corrected chi connectivity index (χ0v) is 16.1. The van der Waals surface area contributed by atoms with Gasteiger partial charge in [0.05, 0.1) is 12.2 Å². The smallest absolute Gasteiger partial charge is 0.260 e. The summed E-state index contributed by atoms with van der Waals surface area (Å²) in [4.78, 5) is 14.9. The number of carbonyl (C=O) groups excluding carboxylic acids is 1. The maximum absolute atomic E-state index is 13.8. The first-order valence-electron chi connectivity index (χ1n) is 10.0. The molecule has 1 fully saturated rings. The molecule has 4 rings (SSSR count). The Hall–Kier alpha value is -2.44. The summed E-state index contributed by atoms with van der Waals surface area (Å²) >= 11 is 0. The molecule has 2 unspecified atom stereocenters. The van der Waals surface area contributed by atoms with Crippen LogP contribution in [0.25, 0.3) is 0 Å². The molecule has 0 saturated carbocycles. The molecule has 0 spiro atoms. The van der Waals surface area contributed by atoms with Crippen molar-refractivity contribution in [2.75, 3.05) is 18.4 Å². The van der Waals surface area contributed by atoms with Crippen molar-refractivity contribution >= 4 is 11.7 Å². The molecule has 3 heterocycles. The Morgan fingerprint density at radius 2 is 1.82 bits per heavy atom. The molecule has 0 radical (unpaired) electrons. The second-order valence-electron chi connectivity index (χ2n) is 7.80. The molecule has 2 aromatic rings. The fourth-order valence-electron chi connectivity index (χ4n) is 4.15. The number of nitrogens with one attached hydrogen (secondary N) is 1. The third-order valence-corrected chi connectivity index (χ3v) is 5.79. The third-order valence-electron chi connectivity index (χ3n) is 5.79. The number of carbonyl (C=O) groups is 1. The molecule has 1 saturated heterocycles. The van der Waals surface area contributed by atoms with Gasteiger partial charge in [-0.3, -0.25) is 4.79 Å². The van der Waals surface area contributed by atoms with Crippen LogP contribution in [-0.4, -0.2) is 40.1 Å². The van der Waals surface area contributed by atoms with E-state index in [-0.39, 0.29) is 18.4 Å². The van der Waals surface area contributed by atoms with Crippen LogP contribution in [0.5, 0.6) is 0 Å². The minimum Gasteiger partial charge on any atom is -0.363 e. The van der Waals surface area contributed by atoms with Gasteiger partial charge in [0.25, 0.3) is 12.3 Å². The number of halogens is 2. The van der Waals surface area contributed by atoms with Crippen LogP contribution in [0.2, 0.25) is 0 Å². The van der Waals surface area contributed by atoms with Crippen LogP contribution in [0, 0.1) is 6.92 Å². The molecule has 5 nitrogen and oxygen atoms in total. The number of alkyl halides is 2. The fourth-order valence-corrected chi connectivity index (χ4v) is 4.15. The third kappa shape index (κ3) is 3.62. The standard InChI is InChI=1S/C21H26F2N4O/c1-14-6-8-15(9-7-14)17-12-18(19(22)23)27-20(25-17)16(13-24-27)21(28)26-10-4-2-3-5-11-26/h6-9,13,17-19,25H,2-5,10-12H2,1H3. The van der Waals surface area contributed by atoms with Crippen LogP contribution in [-0.2, 0) is 0 Å². The molecular formula is C21H26F2N4O. The zero-order chi connectivity index (χ0) is 19.7. The lowest BCUT2D eigenvalue weighted by molar-refractivity contribution is 0.0652. The van der Waals surface area contributed by atoms with Crippen molar-refractivity contribution in [3.63, 3.8) is 0 Å². The molecular weight excluding hydrogens is 362 g/mol. The topological polar surface area (TPSA) is 50.2 Å². The van der Waals surface area contributed by atoms with Gasteiger partial charge in [-0.25, -0.2) is 13.5 Å². The number of hydrogen-bond acceptors (Lipinski definition) is 3. The number of rotatable bonds is 3. The van der Waals surface area contributed by atoms with Gasteiger partial charge >= 0.3 is 0 Å². The Kier molecular flexibility index (Phi) is 5.33. The summed E-state index contributed by atoms with van der Waals surface area (Å²) in [5.41, 5.74) is 2.45. The molecule has 1 amide bonds. The highest BCUT2D eigenvalue weighted by Gasteiger charge is 2.37. The summed E-state index contributed by atoms with van der Waals surface area (Å²) in [7, 11) is 0. The minimum absolute atomic E-state index is 0.117. The minimum atomic E-state index is -2.55. The number of nitrogens with zero attached hydrogens (tertiary/aromatic N) is 3. The molecule has 7 heteroatoms. The molecule has 1 aromatic heterocycles. The quantitative estimate of drug-likeness (QED) is 0.838. The van der Waals surface area contributed by atoms with E-state index in [0.29, 0.717) is 24.5 Å². The maximum atomic E-state index is 13.8. The van der Waals surface area contributed by atoms with Crippen LogP contribution in [0.1, 0.15) is 65.7 Å². The number of likely N-dealkylation sites (tertiary alicyclic amines) is 1. The lowest BCUT2D eigenvalue weighted by Crippen LogP contribution is -2.34.